The molecule has 1 aliphatic heterocycles. The number of halogens is 4. The molecule has 0 aromatic heterocycles. The number of carbonyl (C=O) groups is 1. The largest absolute Gasteiger partial charge is 1.00 e. The second-order valence-corrected chi connectivity index (χ2v) is 5.50. The Kier molecular flexibility index (Phi) is 4.30. The van der Waals surface area contributed by atoms with Crippen LogP contribution in [0.4, 0.5) is 24.5 Å². The summed E-state index contributed by atoms with van der Waals surface area (Å²) in [6, 6.07) is 8.12. The average Bonchev–Trinajstić information content (AvgIpc) is 2.42. The van der Waals surface area contributed by atoms with E-state index in [1.54, 1.807) is 12.1 Å². The molecule has 0 unspecified atom stereocenters. The second-order valence-electron chi connectivity index (χ2n) is 4.42. The molecule has 22 heavy (non-hydrogen) atoms. The van der Waals surface area contributed by atoms with Crippen molar-refractivity contribution in [2.24, 2.45) is 0 Å². The zero-order valence-electron chi connectivity index (χ0n) is 10.7. The van der Waals surface area contributed by atoms with E-state index in [0.29, 0.717) is 15.5 Å². The molecular formula is C14H8ClF3NO2S-. The van der Waals surface area contributed by atoms with Crippen LogP contribution in [-0.2, 0) is 6.18 Å². The standard InChI is InChI=1S/C14H8F3NO2S.ClH/c15-14(16,17)7-4-5-10-9(6-7)18-12-8(13(19)20)2-1-3-11(12)21-10;/h1-6,18H,(H,19,20);1H/p-1. The van der Waals surface area contributed by atoms with Gasteiger partial charge in [0.25, 0.3) is 0 Å². The number of nitrogens with one attached hydrogen (secondary N) is 1. The maximum atomic E-state index is 12.7. The first-order valence-electron chi connectivity index (χ1n) is 5.88. The van der Waals surface area contributed by atoms with Crippen molar-refractivity contribution in [1.29, 1.82) is 0 Å². The van der Waals surface area contributed by atoms with Gasteiger partial charge in [-0.1, -0.05) is 17.8 Å². The summed E-state index contributed by atoms with van der Waals surface area (Å²) in [4.78, 5) is 12.5. The quantitative estimate of drug-likeness (QED) is 0.703. The van der Waals surface area contributed by atoms with Crippen LogP contribution in [0.2, 0.25) is 0 Å². The van der Waals surface area contributed by atoms with Crippen molar-refractivity contribution in [3.63, 3.8) is 0 Å². The van der Waals surface area contributed by atoms with E-state index < -0.39 is 17.7 Å². The maximum Gasteiger partial charge on any atom is 0.416 e. The Morgan fingerprint density at radius 3 is 2.50 bits per heavy atom. The van der Waals surface area contributed by atoms with Crippen LogP contribution in [-0.4, -0.2) is 11.1 Å². The van der Waals surface area contributed by atoms with Gasteiger partial charge in [0.05, 0.1) is 22.5 Å². The van der Waals surface area contributed by atoms with E-state index in [2.05, 4.69) is 5.32 Å². The van der Waals surface area contributed by atoms with Crippen LogP contribution in [0.15, 0.2) is 46.2 Å². The van der Waals surface area contributed by atoms with Gasteiger partial charge < -0.3 is 22.8 Å². The number of hydrogen-bond acceptors (Lipinski definition) is 3. The highest BCUT2D eigenvalue weighted by Crippen LogP contribution is 2.47. The van der Waals surface area contributed by atoms with E-state index in [-0.39, 0.29) is 23.7 Å². The number of anilines is 2. The predicted octanol–water partition coefficient (Wildman–Crippen LogP) is 1.62. The van der Waals surface area contributed by atoms with E-state index in [9.17, 15) is 18.0 Å². The minimum absolute atomic E-state index is 0. The van der Waals surface area contributed by atoms with Crippen LogP contribution < -0.4 is 17.7 Å². The van der Waals surface area contributed by atoms with Gasteiger partial charge >= 0.3 is 12.1 Å². The number of benzene rings is 2. The molecule has 0 saturated carbocycles. The number of carboxylic acid groups (broad SMARTS) is 1. The first-order valence-corrected chi connectivity index (χ1v) is 6.70. The number of alkyl halides is 3. The highest BCUT2D eigenvalue weighted by molar-refractivity contribution is 7.99. The molecule has 0 aliphatic carbocycles. The predicted molar refractivity (Wildman–Crippen MR) is 72.3 cm³/mol. The molecule has 0 saturated heterocycles. The van der Waals surface area contributed by atoms with Crippen molar-refractivity contribution >= 4 is 29.1 Å². The molecule has 1 heterocycles. The molecule has 2 aromatic rings. The zero-order valence-corrected chi connectivity index (χ0v) is 12.3. The lowest BCUT2D eigenvalue weighted by molar-refractivity contribution is -0.137. The molecular weight excluding hydrogens is 339 g/mol. The molecule has 1 aliphatic rings. The Balaban J connectivity index is 0.00000176. The molecule has 3 rings (SSSR count). The van der Waals surface area contributed by atoms with E-state index in [4.69, 9.17) is 5.11 Å². The fourth-order valence-electron chi connectivity index (χ4n) is 2.07. The molecule has 0 radical (unpaired) electrons. The molecule has 116 valence electrons. The third kappa shape index (κ3) is 2.86. The fourth-order valence-corrected chi connectivity index (χ4v) is 3.07. The summed E-state index contributed by atoms with van der Waals surface area (Å²) in [6.45, 7) is 0. The summed E-state index contributed by atoms with van der Waals surface area (Å²) in [5, 5.41) is 11.9. The highest BCUT2D eigenvalue weighted by atomic mass is 35.5. The van der Waals surface area contributed by atoms with Crippen molar-refractivity contribution in [3.05, 3.63) is 47.5 Å². The number of hydrogen-bond donors (Lipinski definition) is 2. The maximum absolute atomic E-state index is 12.7. The van der Waals surface area contributed by atoms with Gasteiger partial charge in [-0.15, -0.1) is 0 Å². The first kappa shape index (κ1) is 16.5. The van der Waals surface area contributed by atoms with Gasteiger partial charge in [0.1, 0.15) is 0 Å². The summed E-state index contributed by atoms with van der Waals surface area (Å²) in [6.07, 6.45) is -4.44. The van der Waals surface area contributed by atoms with Gasteiger partial charge in [-0.3, -0.25) is 0 Å². The van der Waals surface area contributed by atoms with Crippen molar-refractivity contribution in [1.82, 2.24) is 0 Å². The molecule has 8 heteroatoms. The number of para-hydroxylation sites is 1. The summed E-state index contributed by atoms with van der Waals surface area (Å²) >= 11 is 1.24. The molecule has 0 spiro atoms. The van der Waals surface area contributed by atoms with Crippen LogP contribution in [0.1, 0.15) is 15.9 Å². The zero-order chi connectivity index (χ0) is 15.2. The third-order valence-electron chi connectivity index (χ3n) is 3.04. The molecule has 2 aromatic carbocycles. The molecule has 0 atom stereocenters. The average molecular weight is 347 g/mol. The number of carboxylic acids is 1. The molecule has 0 bridgehead atoms. The SMILES string of the molecule is O=C(O)c1cccc2c1Nc1cc(C(F)(F)F)ccc1S2.[Cl-]. The van der Waals surface area contributed by atoms with Crippen molar-refractivity contribution < 1.29 is 35.5 Å². The summed E-state index contributed by atoms with van der Waals surface area (Å²) in [5.41, 5.74) is -0.161. The number of rotatable bonds is 1. The van der Waals surface area contributed by atoms with Crippen LogP contribution in [0.5, 0.6) is 0 Å². The van der Waals surface area contributed by atoms with E-state index in [1.165, 1.54) is 23.9 Å². The van der Waals surface area contributed by atoms with Crippen LogP contribution in [0, 0.1) is 0 Å². The lowest BCUT2D eigenvalue weighted by atomic mass is 10.1. The molecule has 2 N–H and O–H groups in total. The van der Waals surface area contributed by atoms with Crippen molar-refractivity contribution in [2.45, 2.75) is 16.0 Å². The summed E-state index contributed by atoms with van der Waals surface area (Å²) in [5.74, 6) is -1.13. The Morgan fingerprint density at radius 1 is 1.14 bits per heavy atom. The van der Waals surface area contributed by atoms with Crippen LogP contribution in [0.25, 0.3) is 0 Å². The summed E-state index contributed by atoms with van der Waals surface area (Å²) in [7, 11) is 0. The van der Waals surface area contributed by atoms with Gasteiger partial charge in [-0.05, 0) is 30.3 Å². The number of aromatic carboxylic acids is 1. The molecule has 3 nitrogen and oxygen atoms in total. The Bertz CT molecular complexity index is 749. The topological polar surface area (TPSA) is 49.3 Å². The fraction of sp³-hybridized carbons (Fsp3) is 0.0714. The Morgan fingerprint density at radius 2 is 1.86 bits per heavy atom. The smallest absolute Gasteiger partial charge is 0.416 e. The number of fused-ring (bicyclic) bond motifs is 2. The lowest BCUT2D eigenvalue weighted by Gasteiger charge is -2.23. The molecule has 0 amide bonds. The monoisotopic (exact) mass is 346 g/mol. The highest BCUT2D eigenvalue weighted by Gasteiger charge is 2.32. The minimum atomic E-state index is -4.44. The first-order chi connectivity index (χ1) is 9.86. The van der Waals surface area contributed by atoms with Crippen molar-refractivity contribution in [3.8, 4) is 0 Å². The second kappa shape index (κ2) is 5.73. The Labute approximate surface area is 133 Å². The van der Waals surface area contributed by atoms with Gasteiger partial charge in [0, 0.05) is 9.79 Å². The summed E-state index contributed by atoms with van der Waals surface area (Å²) < 4.78 is 38.2. The van der Waals surface area contributed by atoms with Crippen LogP contribution in [0.3, 0.4) is 0 Å². The Hall–Kier alpha value is -1.86. The van der Waals surface area contributed by atoms with E-state index in [0.717, 1.165) is 12.1 Å². The van der Waals surface area contributed by atoms with Gasteiger partial charge in [0.2, 0.25) is 0 Å². The minimum Gasteiger partial charge on any atom is -1.00 e. The van der Waals surface area contributed by atoms with E-state index in [1.807, 2.05) is 0 Å². The van der Waals surface area contributed by atoms with Crippen molar-refractivity contribution in [2.75, 3.05) is 5.32 Å². The molecule has 0 fully saturated rings. The third-order valence-corrected chi connectivity index (χ3v) is 4.18. The van der Waals surface area contributed by atoms with E-state index >= 15 is 0 Å². The van der Waals surface area contributed by atoms with Gasteiger partial charge in [-0.25, -0.2) is 4.79 Å². The van der Waals surface area contributed by atoms with Crippen LogP contribution >= 0.6 is 11.8 Å². The lowest BCUT2D eigenvalue weighted by Crippen LogP contribution is -3.00. The normalized spacial score (nSPS) is 12.5. The van der Waals surface area contributed by atoms with Gasteiger partial charge in [0.15, 0.2) is 0 Å². The van der Waals surface area contributed by atoms with Gasteiger partial charge in [-0.2, -0.15) is 13.2 Å².